The first-order chi connectivity index (χ1) is 16.9. The zero-order chi connectivity index (χ0) is 24.5. The molecule has 0 bridgehead atoms. The standard InChI is InChI=1S/C22H16BrF2N7O2S/c1-2-31-10-14(23)19(30-31)17-7-8-26-18-9-15(29-32(17)18)20(33)28-22-27-16(11-35-22)12-3-5-13(6-4-12)34-21(24)25/h3-11,21H,2H2,1H3,(H,27,28,33). The molecule has 0 aliphatic rings. The highest BCUT2D eigenvalue weighted by Gasteiger charge is 2.18. The highest BCUT2D eigenvalue weighted by atomic mass is 79.9. The number of amides is 1. The van der Waals surface area contributed by atoms with Gasteiger partial charge in [-0.3, -0.25) is 14.8 Å². The molecule has 0 aliphatic heterocycles. The van der Waals surface area contributed by atoms with E-state index in [2.05, 4.69) is 46.1 Å². The second-order valence-electron chi connectivity index (χ2n) is 7.21. The summed E-state index contributed by atoms with van der Waals surface area (Å²) in [5, 5.41) is 13.8. The third-order valence-corrected chi connectivity index (χ3v) is 6.31. The van der Waals surface area contributed by atoms with Crippen LogP contribution in [0, 0.1) is 0 Å². The third kappa shape index (κ3) is 4.77. The van der Waals surface area contributed by atoms with Crippen molar-refractivity contribution in [3.05, 3.63) is 64.3 Å². The minimum Gasteiger partial charge on any atom is -0.435 e. The average molecular weight is 560 g/mol. The number of hydrogen-bond donors (Lipinski definition) is 1. The Morgan fingerprint density at radius 1 is 1.23 bits per heavy atom. The van der Waals surface area contributed by atoms with Crippen LogP contribution in [0.25, 0.3) is 28.3 Å². The highest BCUT2D eigenvalue weighted by Crippen LogP contribution is 2.29. The van der Waals surface area contributed by atoms with Crippen LogP contribution < -0.4 is 10.1 Å². The summed E-state index contributed by atoms with van der Waals surface area (Å²) in [4.78, 5) is 21.6. The minimum absolute atomic E-state index is 0.0563. The van der Waals surface area contributed by atoms with Gasteiger partial charge in [0.25, 0.3) is 5.91 Å². The summed E-state index contributed by atoms with van der Waals surface area (Å²) in [7, 11) is 0. The molecule has 0 radical (unpaired) electrons. The molecule has 5 rings (SSSR count). The van der Waals surface area contributed by atoms with Crippen LogP contribution in [-0.2, 0) is 6.54 Å². The molecule has 0 saturated carbocycles. The summed E-state index contributed by atoms with van der Waals surface area (Å²) in [5.41, 5.74) is 3.32. The number of carbonyl (C=O) groups excluding carboxylic acids is 1. The molecule has 0 atom stereocenters. The Kier molecular flexibility index (Phi) is 6.26. The van der Waals surface area contributed by atoms with Gasteiger partial charge in [-0.1, -0.05) is 0 Å². The molecule has 1 aromatic carbocycles. The fraction of sp³-hybridized carbons (Fsp3) is 0.136. The van der Waals surface area contributed by atoms with E-state index < -0.39 is 12.5 Å². The number of nitrogens with zero attached hydrogens (tertiary/aromatic N) is 6. The molecule has 13 heteroatoms. The van der Waals surface area contributed by atoms with Gasteiger partial charge in [-0.05, 0) is 53.2 Å². The van der Waals surface area contributed by atoms with E-state index in [9.17, 15) is 13.6 Å². The number of alkyl halides is 2. The number of ether oxygens (including phenoxy) is 1. The van der Waals surface area contributed by atoms with Gasteiger partial charge in [-0.2, -0.15) is 19.0 Å². The summed E-state index contributed by atoms with van der Waals surface area (Å²) >= 11 is 4.76. The van der Waals surface area contributed by atoms with Gasteiger partial charge in [0.05, 0.1) is 15.9 Å². The summed E-state index contributed by atoms with van der Waals surface area (Å²) in [6, 6.07) is 9.46. The molecule has 0 unspecified atom stereocenters. The quantitative estimate of drug-likeness (QED) is 0.288. The number of anilines is 1. The Balaban J connectivity index is 1.36. The zero-order valence-electron chi connectivity index (χ0n) is 18.0. The van der Waals surface area contributed by atoms with Crippen molar-refractivity contribution in [1.29, 1.82) is 0 Å². The van der Waals surface area contributed by atoms with E-state index in [1.54, 1.807) is 45.0 Å². The van der Waals surface area contributed by atoms with Gasteiger partial charge >= 0.3 is 6.61 Å². The van der Waals surface area contributed by atoms with E-state index in [1.165, 1.54) is 23.5 Å². The lowest BCUT2D eigenvalue weighted by molar-refractivity contribution is -0.0498. The van der Waals surface area contributed by atoms with Crippen molar-refractivity contribution in [2.24, 2.45) is 0 Å². The van der Waals surface area contributed by atoms with Crippen LogP contribution in [0.1, 0.15) is 17.4 Å². The zero-order valence-corrected chi connectivity index (χ0v) is 20.4. The van der Waals surface area contributed by atoms with Gasteiger partial charge in [0.15, 0.2) is 16.5 Å². The van der Waals surface area contributed by atoms with Crippen molar-refractivity contribution in [2.75, 3.05) is 5.32 Å². The Hall–Kier alpha value is -3.71. The van der Waals surface area contributed by atoms with Gasteiger partial charge < -0.3 is 4.74 Å². The van der Waals surface area contributed by atoms with E-state index in [0.717, 1.165) is 4.47 Å². The first-order valence-electron chi connectivity index (χ1n) is 10.3. The van der Waals surface area contributed by atoms with Crippen LogP contribution in [0.15, 0.2) is 58.6 Å². The number of halogens is 3. The maximum atomic E-state index is 12.9. The fourth-order valence-corrected chi connectivity index (χ4v) is 4.58. The van der Waals surface area contributed by atoms with Crippen molar-refractivity contribution in [3.63, 3.8) is 0 Å². The SMILES string of the molecule is CCn1cc(Br)c(-c2ccnc3cc(C(=O)Nc4nc(-c5ccc(OC(F)F)cc5)cs4)nn23)n1. The fourth-order valence-electron chi connectivity index (χ4n) is 3.35. The molecule has 0 fully saturated rings. The maximum absolute atomic E-state index is 12.9. The van der Waals surface area contributed by atoms with Crippen LogP contribution in [0.4, 0.5) is 13.9 Å². The second-order valence-corrected chi connectivity index (χ2v) is 8.92. The number of hydrogen-bond acceptors (Lipinski definition) is 7. The van der Waals surface area contributed by atoms with Gasteiger partial charge in [0.2, 0.25) is 0 Å². The molecule has 4 aromatic heterocycles. The average Bonchev–Trinajstić information content (AvgIpc) is 3.57. The number of fused-ring (bicyclic) bond motifs is 1. The largest absolute Gasteiger partial charge is 0.435 e. The molecule has 0 aliphatic carbocycles. The Labute approximate surface area is 209 Å². The minimum atomic E-state index is -2.89. The lowest BCUT2D eigenvalue weighted by Crippen LogP contribution is -2.12. The molecular weight excluding hydrogens is 544 g/mol. The normalized spacial score (nSPS) is 11.3. The van der Waals surface area contributed by atoms with Crippen molar-refractivity contribution >= 4 is 44.0 Å². The van der Waals surface area contributed by atoms with Crippen LogP contribution in [0.5, 0.6) is 5.75 Å². The number of rotatable bonds is 7. The van der Waals surface area contributed by atoms with Gasteiger partial charge in [0.1, 0.15) is 11.4 Å². The number of aryl methyl sites for hydroxylation is 1. The molecule has 1 amide bonds. The first-order valence-corrected chi connectivity index (χ1v) is 12.0. The Morgan fingerprint density at radius 2 is 2.03 bits per heavy atom. The maximum Gasteiger partial charge on any atom is 0.387 e. The van der Waals surface area contributed by atoms with Crippen molar-refractivity contribution in [1.82, 2.24) is 29.4 Å². The van der Waals surface area contributed by atoms with Gasteiger partial charge in [-0.25, -0.2) is 14.5 Å². The molecule has 0 spiro atoms. The topological polar surface area (TPSA) is 99.2 Å². The molecule has 35 heavy (non-hydrogen) atoms. The van der Waals surface area contributed by atoms with E-state index in [4.69, 9.17) is 0 Å². The van der Waals surface area contributed by atoms with Crippen LogP contribution in [-0.4, -0.2) is 41.9 Å². The summed E-state index contributed by atoms with van der Waals surface area (Å²) in [5.74, 6) is -0.387. The van der Waals surface area contributed by atoms with Crippen LogP contribution in [0.2, 0.25) is 0 Å². The molecule has 0 saturated heterocycles. The van der Waals surface area contributed by atoms with Crippen LogP contribution in [0.3, 0.4) is 0 Å². The van der Waals surface area contributed by atoms with Gasteiger partial charge in [0, 0.05) is 35.9 Å². The Morgan fingerprint density at radius 3 is 2.74 bits per heavy atom. The first kappa shape index (κ1) is 23.1. The van der Waals surface area contributed by atoms with Crippen molar-refractivity contribution < 1.29 is 18.3 Å². The van der Waals surface area contributed by atoms with E-state index in [1.807, 2.05) is 13.1 Å². The molecule has 178 valence electrons. The predicted molar refractivity (Wildman–Crippen MR) is 130 cm³/mol. The Bertz CT molecular complexity index is 1510. The number of benzene rings is 1. The summed E-state index contributed by atoms with van der Waals surface area (Å²) in [6.07, 6.45) is 3.51. The number of nitrogens with one attached hydrogen (secondary N) is 1. The number of carbonyl (C=O) groups is 1. The smallest absolute Gasteiger partial charge is 0.387 e. The van der Waals surface area contributed by atoms with Gasteiger partial charge in [-0.15, -0.1) is 11.3 Å². The predicted octanol–water partition coefficient (Wildman–Crippen LogP) is 5.35. The molecule has 1 N–H and O–H groups in total. The highest BCUT2D eigenvalue weighted by molar-refractivity contribution is 9.10. The molecule has 4 heterocycles. The molecular formula is C22H16BrF2N7O2S. The van der Waals surface area contributed by atoms with E-state index in [0.29, 0.717) is 40.0 Å². The summed E-state index contributed by atoms with van der Waals surface area (Å²) < 4.78 is 33.2. The summed E-state index contributed by atoms with van der Waals surface area (Å²) in [6.45, 7) is -0.186. The van der Waals surface area contributed by atoms with E-state index in [-0.39, 0.29) is 11.4 Å². The van der Waals surface area contributed by atoms with Crippen molar-refractivity contribution in [3.8, 4) is 28.4 Å². The second kappa shape index (κ2) is 9.50. The number of aromatic nitrogens is 6. The third-order valence-electron chi connectivity index (χ3n) is 4.97. The molecule has 5 aromatic rings. The monoisotopic (exact) mass is 559 g/mol. The lowest BCUT2D eigenvalue weighted by Gasteiger charge is -2.04. The van der Waals surface area contributed by atoms with Crippen molar-refractivity contribution in [2.45, 2.75) is 20.1 Å². The number of thiazole rings is 1. The van der Waals surface area contributed by atoms with Crippen LogP contribution >= 0.6 is 27.3 Å². The lowest BCUT2D eigenvalue weighted by atomic mass is 10.2. The van der Waals surface area contributed by atoms with E-state index >= 15 is 0 Å². The molecule has 9 nitrogen and oxygen atoms in total.